The molecular formula is C12H16N6O2. The van der Waals surface area contributed by atoms with Crippen molar-refractivity contribution in [1.82, 2.24) is 25.3 Å². The predicted octanol–water partition coefficient (Wildman–Crippen LogP) is 0.601. The number of rotatable bonds is 4. The number of aromatic nitrogens is 5. The number of hydrogen-bond donors (Lipinski definition) is 1. The molecule has 1 saturated heterocycles. The van der Waals surface area contributed by atoms with E-state index in [0.717, 1.165) is 38.2 Å². The van der Waals surface area contributed by atoms with E-state index in [0.29, 0.717) is 11.6 Å². The van der Waals surface area contributed by atoms with Crippen molar-refractivity contribution in [2.45, 2.75) is 25.7 Å². The molecule has 1 fully saturated rings. The van der Waals surface area contributed by atoms with Gasteiger partial charge in [0.1, 0.15) is 0 Å². The molecule has 2 aromatic heterocycles. The predicted molar refractivity (Wildman–Crippen MR) is 70.4 cm³/mol. The van der Waals surface area contributed by atoms with Gasteiger partial charge in [0.15, 0.2) is 11.5 Å². The second kappa shape index (κ2) is 5.40. The number of hydrogen-bond acceptors (Lipinski definition) is 6. The van der Waals surface area contributed by atoms with Gasteiger partial charge in [0.05, 0.1) is 0 Å². The van der Waals surface area contributed by atoms with Crippen LogP contribution in [0.2, 0.25) is 0 Å². The molecule has 8 nitrogen and oxygen atoms in total. The molecule has 0 aliphatic carbocycles. The Labute approximate surface area is 115 Å². The molecule has 0 atom stereocenters. The van der Waals surface area contributed by atoms with Crippen LogP contribution >= 0.6 is 0 Å². The topological polar surface area (TPSA) is 96.5 Å². The number of nitrogens with zero attached hydrogens (tertiary/aromatic N) is 6. The van der Waals surface area contributed by atoms with E-state index >= 15 is 0 Å². The van der Waals surface area contributed by atoms with E-state index < -0.39 is 5.97 Å². The SMILES string of the molecule is O=C(O)CCC1CCN(c2ccc3nnnn3n2)CC1. The molecule has 0 saturated carbocycles. The van der Waals surface area contributed by atoms with Crippen LogP contribution in [0.4, 0.5) is 5.82 Å². The van der Waals surface area contributed by atoms with Gasteiger partial charge in [-0.1, -0.05) is 0 Å². The van der Waals surface area contributed by atoms with Gasteiger partial charge < -0.3 is 10.0 Å². The monoisotopic (exact) mass is 276 g/mol. The number of anilines is 1. The zero-order valence-corrected chi connectivity index (χ0v) is 11.0. The highest BCUT2D eigenvalue weighted by atomic mass is 16.4. The number of aliphatic carboxylic acids is 1. The molecule has 0 amide bonds. The second-order valence-electron chi connectivity index (χ2n) is 5.08. The normalized spacial score (nSPS) is 16.7. The zero-order chi connectivity index (χ0) is 13.9. The highest BCUT2D eigenvalue weighted by molar-refractivity contribution is 5.66. The van der Waals surface area contributed by atoms with Gasteiger partial charge in [-0.05, 0) is 47.7 Å². The molecule has 20 heavy (non-hydrogen) atoms. The summed E-state index contributed by atoms with van der Waals surface area (Å²) < 4.78 is 1.42. The van der Waals surface area contributed by atoms with Gasteiger partial charge in [0, 0.05) is 19.5 Å². The van der Waals surface area contributed by atoms with Crippen molar-refractivity contribution in [2.24, 2.45) is 5.92 Å². The molecular weight excluding hydrogens is 260 g/mol. The largest absolute Gasteiger partial charge is 0.481 e. The summed E-state index contributed by atoms with van der Waals surface area (Å²) in [4.78, 5) is 12.8. The Bertz CT molecular complexity index is 605. The minimum Gasteiger partial charge on any atom is -0.481 e. The second-order valence-corrected chi connectivity index (χ2v) is 5.08. The molecule has 3 rings (SSSR count). The van der Waals surface area contributed by atoms with Crippen LogP contribution < -0.4 is 4.90 Å². The van der Waals surface area contributed by atoms with Gasteiger partial charge in [-0.15, -0.1) is 14.8 Å². The summed E-state index contributed by atoms with van der Waals surface area (Å²) in [7, 11) is 0. The first-order valence-electron chi connectivity index (χ1n) is 6.74. The third kappa shape index (κ3) is 2.68. The summed E-state index contributed by atoms with van der Waals surface area (Å²) in [6.45, 7) is 1.79. The fourth-order valence-corrected chi connectivity index (χ4v) is 2.59. The van der Waals surface area contributed by atoms with E-state index in [4.69, 9.17) is 5.11 Å². The third-order valence-corrected chi connectivity index (χ3v) is 3.76. The molecule has 0 radical (unpaired) electrons. The van der Waals surface area contributed by atoms with Crippen molar-refractivity contribution < 1.29 is 9.90 Å². The van der Waals surface area contributed by atoms with Crippen molar-refractivity contribution in [3.8, 4) is 0 Å². The number of carboxylic acid groups (broad SMARTS) is 1. The zero-order valence-electron chi connectivity index (χ0n) is 11.0. The van der Waals surface area contributed by atoms with Crippen LogP contribution in [-0.2, 0) is 4.79 Å². The number of carboxylic acids is 1. The summed E-state index contributed by atoms with van der Waals surface area (Å²) >= 11 is 0. The number of carbonyl (C=O) groups is 1. The first-order valence-corrected chi connectivity index (χ1v) is 6.74. The van der Waals surface area contributed by atoms with Crippen LogP contribution in [-0.4, -0.2) is 49.4 Å². The van der Waals surface area contributed by atoms with E-state index in [1.807, 2.05) is 12.1 Å². The van der Waals surface area contributed by atoms with E-state index in [1.165, 1.54) is 4.63 Å². The lowest BCUT2D eigenvalue weighted by Gasteiger charge is -2.32. The number of tetrazole rings is 1. The Morgan fingerprint density at radius 1 is 1.35 bits per heavy atom. The van der Waals surface area contributed by atoms with Crippen LogP contribution in [0.25, 0.3) is 5.65 Å². The van der Waals surface area contributed by atoms with Crippen molar-refractivity contribution in [2.75, 3.05) is 18.0 Å². The number of fused-ring (bicyclic) bond motifs is 1. The highest BCUT2D eigenvalue weighted by Gasteiger charge is 2.21. The molecule has 8 heteroatoms. The summed E-state index contributed by atoms with van der Waals surface area (Å²) in [5.41, 5.74) is 0.630. The average molecular weight is 276 g/mol. The molecule has 3 heterocycles. The minimum absolute atomic E-state index is 0.263. The Morgan fingerprint density at radius 3 is 2.90 bits per heavy atom. The van der Waals surface area contributed by atoms with Gasteiger partial charge >= 0.3 is 5.97 Å². The lowest BCUT2D eigenvalue weighted by Crippen LogP contribution is -2.34. The van der Waals surface area contributed by atoms with E-state index in [-0.39, 0.29) is 6.42 Å². The molecule has 1 aliphatic rings. The molecule has 106 valence electrons. The van der Waals surface area contributed by atoms with E-state index in [1.54, 1.807) is 0 Å². The van der Waals surface area contributed by atoms with Crippen molar-refractivity contribution in [3.05, 3.63) is 12.1 Å². The molecule has 0 aromatic carbocycles. The summed E-state index contributed by atoms with van der Waals surface area (Å²) in [5.74, 6) is 0.652. The molecule has 0 spiro atoms. The fourth-order valence-electron chi connectivity index (χ4n) is 2.59. The maximum absolute atomic E-state index is 10.6. The summed E-state index contributed by atoms with van der Waals surface area (Å²) in [6.07, 6.45) is 3.04. The third-order valence-electron chi connectivity index (χ3n) is 3.76. The van der Waals surface area contributed by atoms with Crippen molar-refractivity contribution in [3.63, 3.8) is 0 Å². The Kier molecular flexibility index (Phi) is 3.44. The summed E-state index contributed by atoms with van der Waals surface area (Å²) in [5, 5.41) is 24.3. The Morgan fingerprint density at radius 2 is 2.15 bits per heavy atom. The van der Waals surface area contributed by atoms with Gasteiger partial charge in [0.25, 0.3) is 0 Å². The van der Waals surface area contributed by atoms with Crippen LogP contribution in [0.3, 0.4) is 0 Å². The molecule has 1 N–H and O–H groups in total. The van der Waals surface area contributed by atoms with Gasteiger partial charge in [-0.25, -0.2) is 0 Å². The first kappa shape index (κ1) is 12.8. The van der Waals surface area contributed by atoms with Crippen LogP contribution in [0, 0.1) is 5.92 Å². The lowest BCUT2D eigenvalue weighted by molar-refractivity contribution is -0.137. The van der Waals surface area contributed by atoms with E-state index in [2.05, 4.69) is 25.5 Å². The Hall–Kier alpha value is -2.25. The van der Waals surface area contributed by atoms with E-state index in [9.17, 15) is 4.79 Å². The van der Waals surface area contributed by atoms with Crippen LogP contribution in [0.15, 0.2) is 12.1 Å². The summed E-state index contributed by atoms with van der Waals surface area (Å²) in [6, 6.07) is 3.77. The van der Waals surface area contributed by atoms with Gasteiger partial charge in [-0.3, -0.25) is 4.79 Å². The molecule has 0 bridgehead atoms. The molecule has 2 aromatic rings. The standard InChI is InChI=1S/C12H16N6O2/c19-12(20)4-1-9-5-7-17(8-6-9)11-3-2-10-13-15-16-18(10)14-11/h2-3,9H,1,4-8H2,(H,19,20). The maximum atomic E-state index is 10.6. The maximum Gasteiger partial charge on any atom is 0.303 e. The minimum atomic E-state index is -0.710. The highest BCUT2D eigenvalue weighted by Crippen LogP contribution is 2.24. The van der Waals surface area contributed by atoms with Crippen molar-refractivity contribution >= 4 is 17.4 Å². The van der Waals surface area contributed by atoms with Gasteiger partial charge in [-0.2, -0.15) is 0 Å². The van der Waals surface area contributed by atoms with Crippen molar-refractivity contribution in [1.29, 1.82) is 0 Å². The quantitative estimate of drug-likeness (QED) is 0.873. The van der Waals surface area contributed by atoms with Crippen LogP contribution in [0.5, 0.6) is 0 Å². The fraction of sp³-hybridized carbons (Fsp3) is 0.583. The number of piperidine rings is 1. The Balaban J connectivity index is 1.61. The lowest BCUT2D eigenvalue weighted by atomic mass is 9.92. The van der Waals surface area contributed by atoms with Gasteiger partial charge in [0.2, 0.25) is 0 Å². The smallest absolute Gasteiger partial charge is 0.303 e. The molecule has 0 unspecified atom stereocenters. The molecule has 1 aliphatic heterocycles. The van der Waals surface area contributed by atoms with Crippen LogP contribution in [0.1, 0.15) is 25.7 Å². The average Bonchev–Trinajstić information content (AvgIpc) is 2.93. The first-order chi connectivity index (χ1) is 9.72.